The smallest absolute Gasteiger partial charge is 0.166 e. The van der Waals surface area contributed by atoms with Gasteiger partial charge in [0.2, 0.25) is 0 Å². The maximum atomic E-state index is 5.95. The first-order valence-electron chi connectivity index (χ1n) is 5.43. The highest BCUT2D eigenvalue weighted by molar-refractivity contribution is 7.16. The molecule has 2 N–H and O–H groups in total. The average molecular weight is 257 g/mol. The van der Waals surface area contributed by atoms with Crippen molar-refractivity contribution in [2.75, 3.05) is 12.8 Å². The Morgan fingerprint density at radius 1 is 1.17 bits per heavy atom. The topological polar surface area (TPSA) is 61.0 Å². The minimum atomic E-state index is 0.502. The summed E-state index contributed by atoms with van der Waals surface area (Å²) < 4.78 is 5.32. The van der Waals surface area contributed by atoms with E-state index >= 15 is 0 Å². The van der Waals surface area contributed by atoms with E-state index in [9.17, 15) is 0 Å². The first-order chi connectivity index (χ1) is 8.79. The van der Waals surface area contributed by atoms with E-state index in [2.05, 4.69) is 9.97 Å². The van der Waals surface area contributed by atoms with Gasteiger partial charge in [-0.15, -0.1) is 11.3 Å². The molecule has 0 saturated carbocycles. The van der Waals surface area contributed by atoms with Crippen LogP contribution in [0.15, 0.2) is 35.7 Å². The minimum absolute atomic E-state index is 0.502. The molecule has 4 nitrogen and oxygen atoms in total. The van der Waals surface area contributed by atoms with Gasteiger partial charge < -0.3 is 10.5 Å². The molecule has 2 aromatic heterocycles. The number of methoxy groups -OCH3 is 1. The van der Waals surface area contributed by atoms with Crippen LogP contribution in [0.2, 0.25) is 0 Å². The van der Waals surface area contributed by atoms with E-state index < -0.39 is 0 Å². The fourth-order valence-corrected chi connectivity index (χ4v) is 2.60. The van der Waals surface area contributed by atoms with Crippen molar-refractivity contribution in [1.29, 1.82) is 0 Å². The molecule has 3 aromatic rings. The van der Waals surface area contributed by atoms with E-state index in [1.807, 2.05) is 35.7 Å². The average Bonchev–Trinajstić information content (AvgIpc) is 2.87. The highest BCUT2D eigenvalue weighted by Gasteiger charge is 2.11. The molecule has 0 unspecified atom stereocenters. The van der Waals surface area contributed by atoms with Crippen molar-refractivity contribution in [1.82, 2.24) is 9.97 Å². The highest BCUT2D eigenvalue weighted by atomic mass is 32.1. The molecule has 0 aliphatic heterocycles. The molecule has 0 amide bonds. The number of nitrogens with two attached hydrogens (primary N) is 1. The van der Waals surface area contributed by atoms with Crippen LogP contribution in [0.3, 0.4) is 0 Å². The Balaban J connectivity index is 2.25. The monoisotopic (exact) mass is 257 g/mol. The number of benzene rings is 1. The summed E-state index contributed by atoms with van der Waals surface area (Å²) >= 11 is 1.55. The lowest BCUT2D eigenvalue weighted by molar-refractivity contribution is 0.416. The summed E-state index contributed by atoms with van der Waals surface area (Å²) in [5.74, 6) is 1.84. The number of thiophene rings is 1. The third-order valence-corrected chi connectivity index (χ3v) is 3.51. The van der Waals surface area contributed by atoms with Crippen molar-refractivity contribution >= 4 is 27.4 Å². The third-order valence-electron chi connectivity index (χ3n) is 2.70. The number of hydrogen-bond acceptors (Lipinski definition) is 5. The number of rotatable bonds is 2. The number of ether oxygens (including phenoxy) is 1. The summed E-state index contributed by atoms with van der Waals surface area (Å²) in [5.41, 5.74) is 6.79. The zero-order valence-corrected chi connectivity index (χ0v) is 10.6. The largest absolute Gasteiger partial charge is 0.496 e. The fraction of sp³-hybridized carbons (Fsp3) is 0.0769. The first-order valence-corrected chi connectivity index (χ1v) is 6.31. The van der Waals surface area contributed by atoms with Gasteiger partial charge in [-0.25, -0.2) is 9.97 Å². The molecule has 0 spiro atoms. The van der Waals surface area contributed by atoms with Gasteiger partial charge in [-0.05, 0) is 23.6 Å². The SMILES string of the molecule is COc1ccccc1-c1nc(N)c2ccsc2n1. The Morgan fingerprint density at radius 3 is 2.83 bits per heavy atom. The molecule has 0 fully saturated rings. The molecule has 0 atom stereocenters. The van der Waals surface area contributed by atoms with Gasteiger partial charge in [-0.1, -0.05) is 12.1 Å². The fourth-order valence-electron chi connectivity index (χ4n) is 1.83. The van der Waals surface area contributed by atoms with Crippen molar-refractivity contribution in [3.8, 4) is 17.1 Å². The highest BCUT2D eigenvalue weighted by Crippen LogP contribution is 2.31. The van der Waals surface area contributed by atoms with Crippen LogP contribution in [0.5, 0.6) is 5.75 Å². The lowest BCUT2D eigenvalue weighted by Gasteiger charge is -2.07. The molecule has 5 heteroatoms. The first kappa shape index (κ1) is 11.0. The zero-order chi connectivity index (χ0) is 12.5. The second-order valence-electron chi connectivity index (χ2n) is 3.77. The molecule has 0 saturated heterocycles. The van der Waals surface area contributed by atoms with Gasteiger partial charge >= 0.3 is 0 Å². The van der Waals surface area contributed by atoms with Crippen LogP contribution in [0.4, 0.5) is 5.82 Å². The van der Waals surface area contributed by atoms with Gasteiger partial charge in [0.1, 0.15) is 16.4 Å². The predicted molar refractivity (Wildman–Crippen MR) is 73.8 cm³/mol. The lowest BCUT2D eigenvalue weighted by Crippen LogP contribution is -1.97. The molecule has 0 bridgehead atoms. The molecule has 0 radical (unpaired) electrons. The van der Waals surface area contributed by atoms with Crippen molar-refractivity contribution in [2.24, 2.45) is 0 Å². The summed E-state index contributed by atoms with van der Waals surface area (Å²) in [4.78, 5) is 9.76. The predicted octanol–water partition coefficient (Wildman–Crippen LogP) is 2.95. The lowest BCUT2D eigenvalue weighted by atomic mass is 10.2. The van der Waals surface area contributed by atoms with Crippen molar-refractivity contribution in [3.63, 3.8) is 0 Å². The number of anilines is 1. The van der Waals surface area contributed by atoms with Crippen LogP contribution < -0.4 is 10.5 Å². The third kappa shape index (κ3) is 1.69. The second kappa shape index (κ2) is 4.27. The Kier molecular flexibility index (Phi) is 2.60. The number of nitrogen functional groups attached to an aromatic ring is 1. The van der Waals surface area contributed by atoms with E-state index in [1.54, 1.807) is 18.4 Å². The van der Waals surface area contributed by atoms with Crippen LogP contribution in [0.25, 0.3) is 21.6 Å². The molecule has 1 aromatic carbocycles. The van der Waals surface area contributed by atoms with Crippen LogP contribution >= 0.6 is 11.3 Å². The van der Waals surface area contributed by atoms with Crippen LogP contribution in [0.1, 0.15) is 0 Å². The number of aromatic nitrogens is 2. The molecule has 18 heavy (non-hydrogen) atoms. The van der Waals surface area contributed by atoms with E-state index in [0.717, 1.165) is 21.5 Å². The molecular weight excluding hydrogens is 246 g/mol. The molecule has 0 aliphatic rings. The second-order valence-corrected chi connectivity index (χ2v) is 4.67. The quantitative estimate of drug-likeness (QED) is 0.766. The molecule has 90 valence electrons. The van der Waals surface area contributed by atoms with E-state index in [0.29, 0.717) is 11.6 Å². The molecule has 0 aliphatic carbocycles. The van der Waals surface area contributed by atoms with Crippen LogP contribution in [-0.2, 0) is 0 Å². The number of hydrogen-bond donors (Lipinski definition) is 1. The van der Waals surface area contributed by atoms with Gasteiger partial charge in [0.25, 0.3) is 0 Å². The van der Waals surface area contributed by atoms with Crippen molar-refractivity contribution in [3.05, 3.63) is 35.7 Å². The van der Waals surface area contributed by atoms with Gasteiger partial charge in [-0.2, -0.15) is 0 Å². The van der Waals surface area contributed by atoms with Crippen LogP contribution in [0, 0.1) is 0 Å². The minimum Gasteiger partial charge on any atom is -0.496 e. The van der Waals surface area contributed by atoms with Gasteiger partial charge in [-0.3, -0.25) is 0 Å². The maximum absolute atomic E-state index is 5.95. The zero-order valence-electron chi connectivity index (χ0n) is 9.75. The Labute approximate surface area is 108 Å². The number of fused-ring (bicyclic) bond motifs is 1. The van der Waals surface area contributed by atoms with E-state index in [4.69, 9.17) is 10.5 Å². The Hall–Kier alpha value is -2.14. The van der Waals surface area contributed by atoms with E-state index in [-0.39, 0.29) is 0 Å². The van der Waals surface area contributed by atoms with Gasteiger partial charge in [0, 0.05) is 0 Å². The maximum Gasteiger partial charge on any atom is 0.166 e. The number of para-hydroxylation sites is 1. The Bertz CT molecular complexity index is 708. The normalized spacial score (nSPS) is 10.7. The molecular formula is C13H11N3OS. The summed E-state index contributed by atoms with van der Waals surface area (Å²) in [5, 5.41) is 2.86. The van der Waals surface area contributed by atoms with Crippen molar-refractivity contribution < 1.29 is 4.74 Å². The summed E-state index contributed by atoms with van der Waals surface area (Å²) in [7, 11) is 1.63. The Morgan fingerprint density at radius 2 is 2.00 bits per heavy atom. The van der Waals surface area contributed by atoms with Crippen molar-refractivity contribution in [2.45, 2.75) is 0 Å². The van der Waals surface area contributed by atoms with E-state index in [1.165, 1.54) is 0 Å². The summed E-state index contributed by atoms with van der Waals surface area (Å²) in [6.07, 6.45) is 0. The standard InChI is InChI=1S/C13H11N3OS/c1-17-10-5-3-2-4-8(10)12-15-11(14)9-6-7-18-13(9)16-12/h2-7H,1H3,(H2,14,15,16). The molecule has 2 heterocycles. The molecule has 3 rings (SSSR count). The summed E-state index contributed by atoms with van der Waals surface area (Å²) in [6.45, 7) is 0. The van der Waals surface area contributed by atoms with Gasteiger partial charge in [0.05, 0.1) is 18.1 Å². The summed E-state index contributed by atoms with van der Waals surface area (Å²) in [6, 6.07) is 9.58. The van der Waals surface area contributed by atoms with Crippen LogP contribution in [-0.4, -0.2) is 17.1 Å². The van der Waals surface area contributed by atoms with Gasteiger partial charge in [0.15, 0.2) is 5.82 Å². The number of nitrogens with zero attached hydrogens (tertiary/aromatic N) is 2.